The van der Waals surface area contributed by atoms with E-state index in [-0.39, 0.29) is 11.9 Å². The maximum absolute atomic E-state index is 12.5. The number of nitrogens with one attached hydrogen (secondary N) is 1. The Morgan fingerprint density at radius 2 is 2.05 bits per heavy atom. The second-order valence-electron chi connectivity index (χ2n) is 9.82. The van der Waals surface area contributed by atoms with E-state index < -0.39 is 0 Å². The zero-order valence-electron chi connectivity index (χ0n) is 22.4. The number of benzene rings is 1. The molecule has 1 fully saturated rings. The summed E-state index contributed by atoms with van der Waals surface area (Å²) in [6, 6.07) is 11.3. The smallest absolute Gasteiger partial charge is 0.298 e. The second-order valence-corrected chi connectivity index (χ2v) is 9.82. The van der Waals surface area contributed by atoms with Crippen molar-refractivity contribution in [1.82, 2.24) is 34.4 Å². The molecule has 0 radical (unpaired) electrons. The lowest BCUT2D eigenvalue weighted by Crippen LogP contribution is -2.56. The molecule has 7 rings (SSSR count). The van der Waals surface area contributed by atoms with Crippen LogP contribution in [0.1, 0.15) is 12.5 Å². The van der Waals surface area contributed by atoms with Crippen molar-refractivity contribution in [2.75, 3.05) is 36.5 Å². The van der Waals surface area contributed by atoms with Gasteiger partial charge < -0.3 is 24.6 Å². The molecule has 4 aromatic heterocycles. The van der Waals surface area contributed by atoms with E-state index in [1.807, 2.05) is 49.5 Å². The number of ether oxygens (including phenoxy) is 2. The van der Waals surface area contributed by atoms with Crippen LogP contribution in [0.2, 0.25) is 0 Å². The molecule has 2 bridgehead atoms. The molecule has 12 nitrogen and oxygen atoms in total. The van der Waals surface area contributed by atoms with Crippen LogP contribution in [0.4, 0.5) is 17.3 Å². The summed E-state index contributed by atoms with van der Waals surface area (Å²) < 4.78 is 13.9. The lowest BCUT2D eigenvalue weighted by molar-refractivity contribution is -0.128. The number of amides is 1. The number of hydrogen-bond donors (Lipinski definition) is 1. The zero-order chi connectivity index (χ0) is 27.9. The van der Waals surface area contributed by atoms with E-state index in [1.165, 1.54) is 12.7 Å². The summed E-state index contributed by atoms with van der Waals surface area (Å²) >= 11 is 0. The van der Waals surface area contributed by atoms with Gasteiger partial charge in [-0.15, -0.1) is 0 Å². The van der Waals surface area contributed by atoms with E-state index in [1.54, 1.807) is 16.3 Å². The third kappa shape index (κ3) is 4.57. The Hall–Kier alpha value is -5.44. The van der Waals surface area contributed by atoms with Crippen molar-refractivity contribution in [1.29, 1.82) is 0 Å². The quantitative estimate of drug-likeness (QED) is 0.335. The highest BCUT2D eigenvalue weighted by Gasteiger charge is 2.35. The van der Waals surface area contributed by atoms with Crippen LogP contribution in [0.5, 0.6) is 17.2 Å². The zero-order valence-corrected chi connectivity index (χ0v) is 22.4. The van der Waals surface area contributed by atoms with Gasteiger partial charge in [0.15, 0.2) is 23.0 Å². The molecule has 6 heterocycles. The van der Waals surface area contributed by atoms with E-state index in [2.05, 4.69) is 42.1 Å². The maximum atomic E-state index is 12.5. The van der Waals surface area contributed by atoms with E-state index in [0.29, 0.717) is 60.2 Å². The second kappa shape index (κ2) is 9.95. The first-order valence-corrected chi connectivity index (χ1v) is 13.2. The third-order valence-electron chi connectivity index (χ3n) is 7.18. The Balaban J connectivity index is 1.14. The monoisotopic (exact) mass is 547 g/mol. The standard InChI is InChI=1S/C29H25N9O3/c1-3-4-26(39)37-10-9-36-14-20(37)15-40-24-13-22-27(35-29(24)36)28(32-16-30-22)34-19-5-6-23(18(2)11-19)41-21-7-8-38-25(12-21)31-17-33-38/h5-8,11-13,16-17,20H,9-10,14-15H2,1-2H3,(H,30,32,34)/t20-/m1/s1. The number of anilines is 3. The fraction of sp³-hybridized carbons (Fsp3) is 0.241. The largest absolute Gasteiger partial charge is 0.487 e. The molecular formula is C29H25N9O3. The van der Waals surface area contributed by atoms with E-state index >= 15 is 0 Å². The maximum Gasteiger partial charge on any atom is 0.298 e. The molecule has 0 saturated carbocycles. The van der Waals surface area contributed by atoms with Crippen LogP contribution in [0.15, 0.2) is 55.2 Å². The van der Waals surface area contributed by atoms with Crippen molar-refractivity contribution < 1.29 is 14.3 Å². The Kier molecular flexibility index (Phi) is 5.96. The summed E-state index contributed by atoms with van der Waals surface area (Å²) in [6.07, 6.45) is 4.81. The van der Waals surface area contributed by atoms with Gasteiger partial charge in [0.05, 0.1) is 11.6 Å². The van der Waals surface area contributed by atoms with Gasteiger partial charge in [-0.2, -0.15) is 5.10 Å². The van der Waals surface area contributed by atoms with Crippen LogP contribution < -0.4 is 19.7 Å². The number of piperazine rings is 1. The van der Waals surface area contributed by atoms with Crippen molar-refractivity contribution >= 4 is 39.9 Å². The van der Waals surface area contributed by atoms with Gasteiger partial charge in [0.25, 0.3) is 5.91 Å². The molecule has 5 aromatic rings. The van der Waals surface area contributed by atoms with Gasteiger partial charge in [-0.3, -0.25) is 4.79 Å². The van der Waals surface area contributed by atoms with Gasteiger partial charge in [-0.05, 0) is 49.6 Å². The molecule has 1 amide bonds. The number of carbonyl (C=O) groups excluding carboxylic acids is 1. The van der Waals surface area contributed by atoms with Crippen molar-refractivity contribution in [3.63, 3.8) is 0 Å². The summed E-state index contributed by atoms with van der Waals surface area (Å²) in [5.74, 6) is 8.51. The summed E-state index contributed by atoms with van der Waals surface area (Å²) in [6.45, 7) is 5.81. The number of pyridine rings is 2. The average molecular weight is 548 g/mol. The van der Waals surface area contributed by atoms with Crippen molar-refractivity contribution in [2.24, 2.45) is 0 Å². The Morgan fingerprint density at radius 1 is 1.12 bits per heavy atom. The van der Waals surface area contributed by atoms with Crippen LogP contribution in [-0.2, 0) is 4.79 Å². The highest BCUT2D eigenvalue weighted by molar-refractivity contribution is 5.94. The first-order chi connectivity index (χ1) is 20.1. The van der Waals surface area contributed by atoms with Crippen molar-refractivity contribution in [3.8, 4) is 29.1 Å². The first kappa shape index (κ1) is 24.6. The van der Waals surface area contributed by atoms with Crippen LogP contribution in [0.3, 0.4) is 0 Å². The summed E-state index contributed by atoms with van der Waals surface area (Å²) in [7, 11) is 0. The number of fused-ring (bicyclic) bond motifs is 6. The number of carbonyl (C=O) groups is 1. The van der Waals surface area contributed by atoms with Gasteiger partial charge in [0, 0.05) is 43.7 Å². The van der Waals surface area contributed by atoms with E-state index in [0.717, 1.165) is 22.8 Å². The third-order valence-corrected chi connectivity index (χ3v) is 7.18. The minimum absolute atomic E-state index is 0.111. The van der Waals surface area contributed by atoms with Gasteiger partial charge in [-0.25, -0.2) is 24.5 Å². The molecule has 2 aliphatic rings. The molecule has 41 heavy (non-hydrogen) atoms. The summed E-state index contributed by atoms with van der Waals surface area (Å²) in [5, 5.41) is 7.51. The van der Waals surface area contributed by atoms with Crippen molar-refractivity contribution in [2.45, 2.75) is 19.9 Å². The normalized spacial score (nSPS) is 15.9. The summed E-state index contributed by atoms with van der Waals surface area (Å²) in [5.41, 5.74) is 3.77. The molecule has 0 unspecified atom stereocenters. The highest BCUT2D eigenvalue weighted by atomic mass is 16.5. The number of hydrogen-bond acceptors (Lipinski definition) is 10. The minimum atomic E-state index is -0.176. The molecule has 2 aliphatic heterocycles. The Labute approximate surface area is 235 Å². The fourth-order valence-electron chi connectivity index (χ4n) is 5.17. The van der Waals surface area contributed by atoms with Crippen LogP contribution >= 0.6 is 0 Å². The molecule has 1 N–H and O–H groups in total. The molecular weight excluding hydrogens is 522 g/mol. The van der Waals surface area contributed by atoms with Gasteiger partial charge >= 0.3 is 0 Å². The lowest BCUT2D eigenvalue weighted by atomic mass is 10.1. The van der Waals surface area contributed by atoms with E-state index in [4.69, 9.17) is 14.5 Å². The fourth-order valence-corrected chi connectivity index (χ4v) is 5.17. The molecule has 12 heteroatoms. The Bertz CT molecular complexity index is 1880. The molecule has 1 aromatic carbocycles. The van der Waals surface area contributed by atoms with Crippen LogP contribution in [-0.4, -0.2) is 72.6 Å². The molecule has 1 saturated heterocycles. The molecule has 204 valence electrons. The van der Waals surface area contributed by atoms with Gasteiger partial charge in [0.1, 0.15) is 36.3 Å². The van der Waals surface area contributed by atoms with Crippen LogP contribution in [0, 0.1) is 18.8 Å². The first-order valence-electron chi connectivity index (χ1n) is 13.2. The minimum Gasteiger partial charge on any atom is -0.487 e. The lowest BCUT2D eigenvalue weighted by Gasteiger charge is -2.38. The number of nitrogens with zero attached hydrogens (tertiary/aromatic N) is 8. The SMILES string of the molecule is CC#CC(=O)N1CCN2C[C@@H]1COc1cc3ncnc(Nc4ccc(Oc5ccn6ncnc6c5)c(C)c4)c3nc12. The average Bonchev–Trinajstić information content (AvgIpc) is 3.40. The number of rotatable bonds is 4. The number of aromatic nitrogens is 6. The van der Waals surface area contributed by atoms with Gasteiger partial charge in [0.2, 0.25) is 0 Å². The topological polar surface area (TPSA) is 123 Å². The number of aryl methyl sites for hydroxylation is 1. The Morgan fingerprint density at radius 3 is 2.93 bits per heavy atom. The molecule has 0 aliphatic carbocycles. The van der Waals surface area contributed by atoms with Crippen molar-refractivity contribution in [3.05, 3.63) is 60.8 Å². The van der Waals surface area contributed by atoms with E-state index in [9.17, 15) is 4.79 Å². The summed E-state index contributed by atoms with van der Waals surface area (Å²) in [4.78, 5) is 34.5. The molecule has 1 atom stereocenters. The molecule has 0 spiro atoms. The predicted octanol–water partition coefficient (Wildman–Crippen LogP) is 3.34. The van der Waals surface area contributed by atoms with Gasteiger partial charge in [-0.1, -0.05) is 5.92 Å². The highest BCUT2D eigenvalue weighted by Crippen LogP contribution is 2.36. The predicted molar refractivity (Wildman–Crippen MR) is 152 cm³/mol. The van der Waals surface area contributed by atoms with Crippen LogP contribution in [0.25, 0.3) is 16.7 Å².